The molecule has 2 aromatic rings. The second kappa shape index (κ2) is 8.16. The average Bonchev–Trinajstić information content (AvgIpc) is 3.16. The number of carbonyl (C=O) groups excluding carboxylic acids is 1. The fourth-order valence-corrected chi connectivity index (χ4v) is 3.88. The second-order valence-electron chi connectivity index (χ2n) is 7.21. The molecule has 1 saturated heterocycles. The van der Waals surface area contributed by atoms with E-state index in [0.717, 1.165) is 17.1 Å². The highest BCUT2D eigenvalue weighted by atomic mass is 19.1. The van der Waals surface area contributed by atoms with Gasteiger partial charge in [0.2, 0.25) is 5.91 Å². The summed E-state index contributed by atoms with van der Waals surface area (Å²) in [5, 5.41) is 0. The number of fused-ring (bicyclic) bond motifs is 1. The molecule has 29 heavy (non-hydrogen) atoms. The van der Waals surface area contributed by atoms with Gasteiger partial charge in [-0.25, -0.2) is 4.39 Å². The SMILES string of the molecule is C=CC(=O)N1CCN(c2nc(OC)nc3c2CN(Cc2ccccc2F)C3)CC1. The summed E-state index contributed by atoms with van der Waals surface area (Å²) < 4.78 is 19.4. The summed E-state index contributed by atoms with van der Waals surface area (Å²) in [5.74, 6) is 0.593. The molecule has 0 radical (unpaired) electrons. The highest BCUT2D eigenvalue weighted by molar-refractivity contribution is 5.87. The molecule has 0 saturated carbocycles. The van der Waals surface area contributed by atoms with E-state index in [2.05, 4.69) is 26.3 Å². The van der Waals surface area contributed by atoms with Gasteiger partial charge < -0.3 is 14.5 Å². The molecule has 0 N–H and O–H groups in total. The van der Waals surface area contributed by atoms with Crippen molar-refractivity contribution >= 4 is 11.7 Å². The van der Waals surface area contributed by atoms with Crippen LogP contribution in [0, 0.1) is 5.82 Å². The summed E-state index contributed by atoms with van der Waals surface area (Å²) in [5.41, 5.74) is 2.62. The molecule has 1 aromatic carbocycles. The predicted octanol–water partition coefficient (Wildman–Crippen LogP) is 1.97. The molecule has 7 nitrogen and oxygen atoms in total. The van der Waals surface area contributed by atoms with Gasteiger partial charge in [0.15, 0.2) is 0 Å². The van der Waals surface area contributed by atoms with E-state index < -0.39 is 0 Å². The number of carbonyl (C=O) groups is 1. The monoisotopic (exact) mass is 397 g/mol. The molecule has 2 aliphatic rings. The van der Waals surface area contributed by atoms with Gasteiger partial charge in [0.1, 0.15) is 11.6 Å². The number of halogens is 1. The van der Waals surface area contributed by atoms with Crippen molar-refractivity contribution in [3.05, 3.63) is 59.6 Å². The van der Waals surface area contributed by atoms with Crippen LogP contribution in [0.2, 0.25) is 0 Å². The van der Waals surface area contributed by atoms with Crippen LogP contribution in [-0.4, -0.2) is 59.0 Å². The number of aromatic nitrogens is 2. The van der Waals surface area contributed by atoms with Crippen molar-refractivity contribution in [2.24, 2.45) is 0 Å². The number of hydrogen-bond acceptors (Lipinski definition) is 6. The average molecular weight is 397 g/mol. The van der Waals surface area contributed by atoms with E-state index >= 15 is 0 Å². The lowest BCUT2D eigenvalue weighted by Gasteiger charge is -2.35. The number of hydrogen-bond donors (Lipinski definition) is 0. The molecule has 3 heterocycles. The van der Waals surface area contributed by atoms with Gasteiger partial charge in [0, 0.05) is 56.9 Å². The molecule has 4 rings (SSSR count). The molecule has 0 atom stereocenters. The van der Waals surface area contributed by atoms with Crippen LogP contribution in [-0.2, 0) is 24.4 Å². The van der Waals surface area contributed by atoms with Crippen LogP contribution >= 0.6 is 0 Å². The molecule has 1 amide bonds. The van der Waals surface area contributed by atoms with E-state index in [-0.39, 0.29) is 11.7 Å². The van der Waals surface area contributed by atoms with Gasteiger partial charge in [-0.2, -0.15) is 9.97 Å². The van der Waals surface area contributed by atoms with E-state index in [9.17, 15) is 9.18 Å². The van der Waals surface area contributed by atoms with Crippen LogP contribution in [0.1, 0.15) is 16.8 Å². The van der Waals surface area contributed by atoms with Crippen LogP contribution < -0.4 is 9.64 Å². The summed E-state index contributed by atoms with van der Waals surface area (Å²) in [7, 11) is 1.55. The van der Waals surface area contributed by atoms with Crippen LogP contribution in [0.3, 0.4) is 0 Å². The first-order chi connectivity index (χ1) is 14.1. The largest absolute Gasteiger partial charge is 0.467 e. The maximum atomic E-state index is 14.1. The minimum Gasteiger partial charge on any atom is -0.467 e. The summed E-state index contributed by atoms with van der Waals surface area (Å²) in [4.78, 5) is 27.1. The Hall–Kier alpha value is -3.00. The third-order valence-corrected chi connectivity index (χ3v) is 5.41. The summed E-state index contributed by atoms with van der Waals surface area (Å²) in [6.45, 7) is 7.92. The Kier molecular flexibility index (Phi) is 5.44. The summed E-state index contributed by atoms with van der Waals surface area (Å²) in [6, 6.07) is 7.16. The third-order valence-electron chi connectivity index (χ3n) is 5.41. The fraction of sp³-hybridized carbons (Fsp3) is 0.381. The lowest BCUT2D eigenvalue weighted by molar-refractivity contribution is -0.126. The number of ether oxygens (including phenoxy) is 1. The van der Waals surface area contributed by atoms with Crippen LogP contribution in [0.5, 0.6) is 6.01 Å². The zero-order chi connectivity index (χ0) is 20.4. The van der Waals surface area contributed by atoms with E-state index in [1.54, 1.807) is 24.1 Å². The van der Waals surface area contributed by atoms with Gasteiger partial charge >= 0.3 is 6.01 Å². The van der Waals surface area contributed by atoms with Crippen molar-refractivity contribution in [1.29, 1.82) is 0 Å². The Balaban J connectivity index is 1.54. The minimum absolute atomic E-state index is 0.0498. The Labute approximate surface area is 169 Å². The highest BCUT2D eigenvalue weighted by Crippen LogP contribution is 2.32. The second-order valence-corrected chi connectivity index (χ2v) is 7.21. The van der Waals surface area contributed by atoms with E-state index in [0.29, 0.717) is 57.4 Å². The van der Waals surface area contributed by atoms with Crippen molar-refractivity contribution in [3.63, 3.8) is 0 Å². The molecule has 1 fully saturated rings. The lowest BCUT2D eigenvalue weighted by Crippen LogP contribution is -2.48. The Morgan fingerprint density at radius 3 is 2.66 bits per heavy atom. The maximum Gasteiger partial charge on any atom is 0.318 e. The highest BCUT2D eigenvalue weighted by Gasteiger charge is 2.30. The van der Waals surface area contributed by atoms with Gasteiger partial charge in [0.25, 0.3) is 0 Å². The predicted molar refractivity (Wildman–Crippen MR) is 107 cm³/mol. The number of rotatable bonds is 5. The van der Waals surface area contributed by atoms with E-state index in [1.165, 1.54) is 12.1 Å². The molecular weight excluding hydrogens is 373 g/mol. The fourth-order valence-electron chi connectivity index (χ4n) is 3.88. The standard InChI is InChI=1S/C21H24FN5O2/c1-3-19(28)26-8-10-27(11-9-26)20-16-13-25(12-15-6-4-5-7-17(15)22)14-18(16)23-21(24-20)29-2/h3-7H,1,8-14H2,2H3. The van der Waals surface area contributed by atoms with Crippen molar-refractivity contribution in [2.75, 3.05) is 38.2 Å². The van der Waals surface area contributed by atoms with Crippen LogP contribution in [0.4, 0.5) is 10.2 Å². The molecule has 152 valence electrons. The molecule has 8 heteroatoms. The quantitative estimate of drug-likeness (QED) is 0.719. The summed E-state index contributed by atoms with van der Waals surface area (Å²) in [6.07, 6.45) is 1.35. The summed E-state index contributed by atoms with van der Waals surface area (Å²) >= 11 is 0. The van der Waals surface area contributed by atoms with Gasteiger partial charge in [0.05, 0.1) is 12.8 Å². The first-order valence-corrected chi connectivity index (χ1v) is 9.65. The number of anilines is 1. The number of amides is 1. The molecule has 0 aliphatic carbocycles. The Morgan fingerprint density at radius 1 is 1.21 bits per heavy atom. The molecule has 1 aromatic heterocycles. The van der Waals surface area contributed by atoms with Gasteiger partial charge in [-0.1, -0.05) is 24.8 Å². The molecule has 2 aliphatic heterocycles. The van der Waals surface area contributed by atoms with E-state index in [1.807, 2.05) is 6.07 Å². The van der Waals surface area contributed by atoms with Gasteiger partial charge in [-0.3, -0.25) is 9.69 Å². The molecular formula is C21H24FN5O2. The van der Waals surface area contributed by atoms with Gasteiger partial charge in [-0.05, 0) is 12.1 Å². The lowest BCUT2D eigenvalue weighted by atomic mass is 10.2. The van der Waals surface area contributed by atoms with Crippen molar-refractivity contribution in [2.45, 2.75) is 19.6 Å². The smallest absolute Gasteiger partial charge is 0.318 e. The van der Waals surface area contributed by atoms with Crippen LogP contribution in [0.15, 0.2) is 36.9 Å². The molecule has 0 unspecified atom stereocenters. The van der Waals surface area contributed by atoms with Crippen molar-refractivity contribution in [3.8, 4) is 6.01 Å². The van der Waals surface area contributed by atoms with Crippen molar-refractivity contribution in [1.82, 2.24) is 19.8 Å². The molecule has 0 spiro atoms. The van der Waals surface area contributed by atoms with Crippen molar-refractivity contribution < 1.29 is 13.9 Å². The topological polar surface area (TPSA) is 61.8 Å². The van der Waals surface area contributed by atoms with Gasteiger partial charge in [-0.15, -0.1) is 0 Å². The number of piperazine rings is 1. The number of benzene rings is 1. The first kappa shape index (κ1) is 19.3. The first-order valence-electron chi connectivity index (χ1n) is 9.65. The number of nitrogens with zero attached hydrogens (tertiary/aromatic N) is 5. The minimum atomic E-state index is -0.199. The Bertz CT molecular complexity index is 927. The van der Waals surface area contributed by atoms with E-state index in [4.69, 9.17) is 4.74 Å². The molecule has 0 bridgehead atoms. The van der Waals surface area contributed by atoms with Crippen LogP contribution in [0.25, 0.3) is 0 Å². The Morgan fingerprint density at radius 2 is 1.97 bits per heavy atom. The normalized spacial score (nSPS) is 16.6. The zero-order valence-electron chi connectivity index (χ0n) is 16.5. The maximum absolute atomic E-state index is 14.1. The number of methoxy groups -OCH3 is 1. The third kappa shape index (κ3) is 3.93. The zero-order valence-corrected chi connectivity index (χ0v) is 16.5.